The Kier molecular flexibility index (Phi) is 4.84. The number of aliphatic hydroxyl groups excluding tert-OH is 1. The Morgan fingerprint density at radius 3 is 2.33 bits per heavy atom. The van der Waals surface area contributed by atoms with Crippen molar-refractivity contribution in [2.24, 2.45) is 0 Å². The van der Waals surface area contributed by atoms with Gasteiger partial charge in [0, 0.05) is 12.1 Å². The van der Waals surface area contributed by atoms with E-state index < -0.39 is 21.4 Å². The van der Waals surface area contributed by atoms with Crippen LogP contribution < -0.4 is 4.72 Å². The fourth-order valence-corrected chi connectivity index (χ4v) is 3.05. The maximum atomic E-state index is 12.8. The summed E-state index contributed by atoms with van der Waals surface area (Å²) in [4.78, 5) is 0.0153. The highest BCUT2D eigenvalue weighted by molar-refractivity contribution is 7.89. The molecule has 2 N–H and O–H groups in total. The first-order valence-corrected chi connectivity index (χ1v) is 7.22. The fourth-order valence-electron chi connectivity index (χ4n) is 1.54. The number of benzene rings is 1. The Morgan fingerprint density at radius 2 is 1.89 bits per heavy atom. The maximum Gasteiger partial charge on any atom is 0.241 e. The van der Waals surface area contributed by atoms with Gasteiger partial charge in [-0.2, -0.15) is 0 Å². The summed E-state index contributed by atoms with van der Waals surface area (Å²) in [5, 5.41) is 8.95. The molecule has 0 aliphatic carbocycles. The molecule has 0 heterocycles. The van der Waals surface area contributed by atoms with Crippen LogP contribution in [0.15, 0.2) is 29.2 Å². The third-order valence-corrected chi connectivity index (χ3v) is 4.60. The third kappa shape index (κ3) is 3.76. The molecule has 1 aromatic rings. The average molecular weight is 275 g/mol. The van der Waals surface area contributed by atoms with Crippen LogP contribution in [0.25, 0.3) is 0 Å². The first-order valence-electron chi connectivity index (χ1n) is 5.73. The highest BCUT2D eigenvalue weighted by atomic mass is 32.2. The summed E-state index contributed by atoms with van der Waals surface area (Å²) < 4.78 is 39.5. The molecule has 0 amide bonds. The van der Waals surface area contributed by atoms with Gasteiger partial charge < -0.3 is 5.11 Å². The van der Waals surface area contributed by atoms with E-state index in [-0.39, 0.29) is 11.5 Å². The lowest BCUT2D eigenvalue weighted by Crippen LogP contribution is -2.46. The standard InChI is InChI=1S/C12H18FNO3S/c1-3-12(2,8-9-15)14-18(16,17)11-6-4-10(13)5-7-11/h4-7,14-15H,3,8-9H2,1-2H3. The molecule has 0 saturated carbocycles. The number of nitrogens with one attached hydrogen (secondary N) is 1. The predicted molar refractivity (Wildman–Crippen MR) is 67.1 cm³/mol. The van der Waals surface area contributed by atoms with Crippen LogP contribution in [0.1, 0.15) is 26.7 Å². The van der Waals surface area contributed by atoms with Gasteiger partial charge in [0.2, 0.25) is 10.0 Å². The van der Waals surface area contributed by atoms with Crippen molar-refractivity contribution >= 4 is 10.0 Å². The van der Waals surface area contributed by atoms with Crippen molar-refractivity contribution in [3.63, 3.8) is 0 Å². The van der Waals surface area contributed by atoms with Gasteiger partial charge in [-0.05, 0) is 44.0 Å². The van der Waals surface area contributed by atoms with Gasteiger partial charge >= 0.3 is 0 Å². The first kappa shape index (κ1) is 15.1. The third-order valence-electron chi connectivity index (χ3n) is 2.95. The molecule has 18 heavy (non-hydrogen) atoms. The molecule has 0 fully saturated rings. The van der Waals surface area contributed by atoms with E-state index in [9.17, 15) is 12.8 Å². The van der Waals surface area contributed by atoms with Gasteiger partial charge in [0.15, 0.2) is 0 Å². The van der Waals surface area contributed by atoms with Crippen LogP contribution in [-0.4, -0.2) is 25.7 Å². The topological polar surface area (TPSA) is 66.4 Å². The SMILES string of the molecule is CCC(C)(CCO)NS(=O)(=O)c1ccc(F)cc1. The van der Waals surface area contributed by atoms with Gasteiger partial charge in [-0.1, -0.05) is 6.92 Å². The minimum absolute atomic E-state index is 0.0153. The minimum atomic E-state index is -3.70. The second kappa shape index (κ2) is 5.77. The lowest BCUT2D eigenvalue weighted by atomic mass is 9.97. The summed E-state index contributed by atoms with van der Waals surface area (Å²) in [7, 11) is -3.70. The van der Waals surface area contributed by atoms with Crippen LogP contribution in [0.4, 0.5) is 4.39 Å². The molecular weight excluding hydrogens is 257 g/mol. The van der Waals surface area contributed by atoms with Gasteiger partial charge in [-0.15, -0.1) is 0 Å². The van der Waals surface area contributed by atoms with Crippen molar-refractivity contribution in [2.45, 2.75) is 37.1 Å². The molecule has 0 bridgehead atoms. The summed E-state index contributed by atoms with van der Waals surface area (Å²) in [5.41, 5.74) is -0.706. The number of sulfonamides is 1. The lowest BCUT2D eigenvalue weighted by molar-refractivity contribution is 0.233. The average Bonchev–Trinajstić information content (AvgIpc) is 2.29. The van der Waals surface area contributed by atoms with Gasteiger partial charge in [0.25, 0.3) is 0 Å². The van der Waals surface area contributed by atoms with E-state index in [0.717, 1.165) is 12.1 Å². The van der Waals surface area contributed by atoms with Crippen LogP contribution >= 0.6 is 0 Å². The zero-order valence-corrected chi connectivity index (χ0v) is 11.3. The Hall–Kier alpha value is -0.980. The molecule has 0 aromatic heterocycles. The molecule has 1 unspecified atom stereocenters. The zero-order valence-electron chi connectivity index (χ0n) is 10.5. The van der Waals surface area contributed by atoms with Crippen molar-refractivity contribution in [1.29, 1.82) is 0 Å². The van der Waals surface area contributed by atoms with Crippen molar-refractivity contribution in [3.8, 4) is 0 Å². The monoisotopic (exact) mass is 275 g/mol. The number of hydrogen-bond acceptors (Lipinski definition) is 3. The van der Waals surface area contributed by atoms with E-state index in [1.54, 1.807) is 6.92 Å². The van der Waals surface area contributed by atoms with Crippen molar-refractivity contribution < 1.29 is 17.9 Å². The zero-order chi connectivity index (χ0) is 13.8. The molecule has 1 rings (SSSR count). The second-order valence-corrected chi connectivity index (χ2v) is 6.13. The van der Waals surface area contributed by atoms with E-state index >= 15 is 0 Å². The molecular formula is C12H18FNO3S. The van der Waals surface area contributed by atoms with E-state index in [2.05, 4.69) is 4.72 Å². The summed E-state index contributed by atoms with van der Waals surface area (Å²) >= 11 is 0. The van der Waals surface area contributed by atoms with Gasteiger partial charge in [-0.25, -0.2) is 17.5 Å². The number of halogens is 1. The van der Waals surface area contributed by atoms with Crippen LogP contribution in [0.3, 0.4) is 0 Å². The second-order valence-electron chi connectivity index (χ2n) is 4.45. The molecule has 0 saturated heterocycles. The minimum Gasteiger partial charge on any atom is -0.396 e. The van der Waals surface area contributed by atoms with Crippen molar-refractivity contribution in [1.82, 2.24) is 4.72 Å². The number of aliphatic hydroxyl groups is 1. The highest BCUT2D eigenvalue weighted by Crippen LogP contribution is 2.19. The number of rotatable bonds is 6. The quantitative estimate of drug-likeness (QED) is 0.829. The lowest BCUT2D eigenvalue weighted by Gasteiger charge is -2.28. The largest absolute Gasteiger partial charge is 0.396 e. The molecule has 0 spiro atoms. The summed E-state index contributed by atoms with van der Waals surface area (Å²) in [5.74, 6) is -0.484. The molecule has 6 heteroatoms. The molecule has 0 radical (unpaired) electrons. The number of hydrogen-bond donors (Lipinski definition) is 2. The summed E-state index contributed by atoms with van der Waals surface area (Å²) in [6.45, 7) is 3.46. The van der Waals surface area contributed by atoms with Gasteiger partial charge in [0.05, 0.1) is 4.90 Å². The van der Waals surface area contributed by atoms with Crippen LogP contribution in [0.5, 0.6) is 0 Å². The smallest absolute Gasteiger partial charge is 0.241 e. The summed E-state index contributed by atoms with van der Waals surface area (Å²) in [6, 6.07) is 4.63. The maximum absolute atomic E-state index is 12.8. The predicted octanol–water partition coefficient (Wildman–Crippen LogP) is 1.66. The normalized spacial score (nSPS) is 15.3. The Bertz CT molecular complexity index is 487. The van der Waals surface area contributed by atoms with Crippen molar-refractivity contribution in [2.75, 3.05) is 6.61 Å². The highest BCUT2D eigenvalue weighted by Gasteiger charge is 2.28. The van der Waals surface area contributed by atoms with E-state index in [1.165, 1.54) is 12.1 Å². The summed E-state index contributed by atoms with van der Waals surface area (Å²) in [6.07, 6.45) is 0.873. The van der Waals surface area contributed by atoms with Crippen LogP contribution in [-0.2, 0) is 10.0 Å². The Labute approximate surface area is 107 Å². The molecule has 4 nitrogen and oxygen atoms in total. The Morgan fingerprint density at radius 1 is 1.33 bits per heavy atom. The van der Waals surface area contributed by atoms with E-state index in [1.807, 2.05) is 6.92 Å². The Balaban J connectivity index is 2.97. The van der Waals surface area contributed by atoms with Crippen LogP contribution in [0, 0.1) is 5.82 Å². The van der Waals surface area contributed by atoms with E-state index in [4.69, 9.17) is 5.11 Å². The molecule has 0 aliphatic heterocycles. The van der Waals surface area contributed by atoms with Gasteiger partial charge in [-0.3, -0.25) is 0 Å². The molecule has 102 valence electrons. The molecule has 1 aromatic carbocycles. The fraction of sp³-hybridized carbons (Fsp3) is 0.500. The van der Waals surface area contributed by atoms with Crippen molar-refractivity contribution in [3.05, 3.63) is 30.1 Å². The molecule has 1 atom stereocenters. The van der Waals surface area contributed by atoms with Gasteiger partial charge in [0.1, 0.15) is 5.82 Å². The molecule has 0 aliphatic rings. The first-order chi connectivity index (χ1) is 8.33. The van der Waals surface area contributed by atoms with Crippen LogP contribution in [0.2, 0.25) is 0 Å². The van der Waals surface area contributed by atoms with E-state index in [0.29, 0.717) is 12.8 Å².